The average molecular weight is 280 g/mol. The van der Waals surface area contributed by atoms with E-state index in [2.05, 4.69) is 27.3 Å². The molecular formula is C15H12N4O2. The normalized spacial score (nSPS) is 10.5. The zero-order valence-corrected chi connectivity index (χ0v) is 11.0. The van der Waals surface area contributed by atoms with E-state index in [-0.39, 0.29) is 11.7 Å². The third-order valence-electron chi connectivity index (χ3n) is 3.12. The molecule has 0 saturated heterocycles. The second kappa shape index (κ2) is 5.09. The number of amides is 1. The Bertz CT molecular complexity index is 839. The topological polar surface area (TPSA) is 90.9 Å². The minimum absolute atomic E-state index is 0.0248. The van der Waals surface area contributed by atoms with E-state index in [1.54, 1.807) is 18.2 Å². The van der Waals surface area contributed by atoms with Crippen LogP contribution in [-0.4, -0.2) is 26.4 Å². The maximum absolute atomic E-state index is 11.4. The van der Waals surface area contributed by atoms with Crippen LogP contribution in [0.15, 0.2) is 49.1 Å². The minimum Gasteiger partial charge on any atom is -0.505 e. The average Bonchev–Trinajstić information content (AvgIpc) is 2.98. The van der Waals surface area contributed by atoms with Gasteiger partial charge in [0.05, 0.1) is 5.69 Å². The van der Waals surface area contributed by atoms with E-state index < -0.39 is 0 Å². The molecule has 0 saturated carbocycles. The molecule has 0 spiro atoms. The van der Waals surface area contributed by atoms with Gasteiger partial charge in [-0.25, -0.2) is 0 Å². The van der Waals surface area contributed by atoms with Gasteiger partial charge in [-0.3, -0.25) is 4.79 Å². The second-order valence-electron chi connectivity index (χ2n) is 4.39. The van der Waals surface area contributed by atoms with Crippen LogP contribution in [-0.2, 0) is 4.79 Å². The first-order valence-electron chi connectivity index (χ1n) is 6.26. The molecule has 6 heteroatoms. The zero-order valence-electron chi connectivity index (χ0n) is 11.0. The summed E-state index contributed by atoms with van der Waals surface area (Å²) in [4.78, 5) is 11.4. The minimum atomic E-state index is -0.387. The summed E-state index contributed by atoms with van der Waals surface area (Å²) in [6.45, 7) is 3.38. The number of hydrogen-bond acceptors (Lipinski definition) is 4. The molecule has 1 aromatic heterocycles. The number of anilines is 1. The maximum atomic E-state index is 11.4. The van der Waals surface area contributed by atoms with Crippen molar-refractivity contribution in [1.82, 2.24) is 15.4 Å². The number of aromatic amines is 1. The summed E-state index contributed by atoms with van der Waals surface area (Å²) in [5.74, 6) is -0.412. The van der Waals surface area contributed by atoms with Crippen molar-refractivity contribution < 1.29 is 9.90 Å². The predicted octanol–water partition coefficient (Wildman–Crippen LogP) is 2.46. The molecule has 1 amide bonds. The number of carbonyl (C=O) groups excluding carboxylic acids is 1. The molecule has 3 rings (SSSR count). The Labute approximate surface area is 120 Å². The number of fused-ring (bicyclic) bond motifs is 1. The fourth-order valence-corrected chi connectivity index (χ4v) is 2.13. The summed E-state index contributed by atoms with van der Waals surface area (Å²) in [6, 6.07) is 10.6. The lowest BCUT2D eigenvalue weighted by atomic mass is 10.0. The van der Waals surface area contributed by atoms with Crippen molar-refractivity contribution in [2.75, 3.05) is 5.32 Å². The van der Waals surface area contributed by atoms with Gasteiger partial charge < -0.3 is 10.4 Å². The van der Waals surface area contributed by atoms with Crippen molar-refractivity contribution >= 4 is 22.6 Å². The fourth-order valence-electron chi connectivity index (χ4n) is 2.13. The molecule has 2 aromatic carbocycles. The summed E-state index contributed by atoms with van der Waals surface area (Å²) in [7, 11) is 0. The molecule has 0 atom stereocenters. The van der Waals surface area contributed by atoms with E-state index in [0.29, 0.717) is 22.3 Å². The lowest BCUT2D eigenvalue weighted by Crippen LogP contribution is -2.07. The first-order valence-corrected chi connectivity index (χ1v) is 6.26. The van der Waals surface area contributed by atoms with Gasteiger partial charge in [0.2, 0.25) is 5.91 Å². The van der Waals surface area contributed by atoms with Crippen LogP contribution in [0.5, 0.6) is 5.75 Å². The Morgan fingerprint density at radius 2 is 1.95 bits per heavy atom. The molecule has 0 aliphatic heterocycles. The Morgan fingerprint density at radius 1 is 1.19 bits per heavy atom. The highest BCUT2D eigenvalue weighted by Crippen LogP contribution is 2.37. The quantitative estimate of drug-likeness (QED) is 0.507. The number of phenolic OH excluding ortho intramolecular Hbond substituents is 1. The van der Waals surface area contributed by atoms with E-state index in [1.807, 2.05) is 18.2 Å². The van der Waals surface area contributed by atoms with Crippen molar-refractivity contribution in [2.45, 2.75) is 0 Å². The summed E-state index contributed by atoms with van der Waals surface area (Å²) < 4.78 is 0. The second-order valence-corrected chi connectivity index (χ2v) is 4.39. The number of nitrogens with zero attached hydrogens (tertiary/aromatic N) is 2. The molecule has 21 heavy (non-hydrogen) atoms. The van der Waals surface area contributed by atoms with Crippen LogP contribution in [0, 0.1) is 0 Å². The van der Waals surface area contributed by atoms with Gasteiger partial charge in [-0.05, 0) is 18.2 Å². The van der Waals surface area contributed by atoms with Crippen molar-refractivity contribution in [3.05, 3.63) is 49.1 Å². The molecule has 6 nitrogen and oxygen atoms in total. The Hall–Kier alpha value is -3.15. The molecule has 3 N–H and O–H groups in total. The molecule has 0 fully saturated rings. The van der Waals surface area contributed by atoms with E-state index in [9.17, 15) is 9.90 Å². The van der Waals surface area contributed by atoms with Crippen LogP contribution in [0.4, 0.5) is 5.69 Å². The third-order valence-corrected chi connectivity index (χ3v) is 3.12. The lowest BCUT2D eigenvalue weighted by Gasteiger charge is -2.10. The fraction of sp³-hybridized carbons (Fsp3) is 0. The van der Waals surface area contributed by atoms with Crippen LogP contribution in [0.2, 0.25) is 0 Å². The van der Waals surface area contributed by atoms with Gasteiger partial charge in [-0.2, -0.15) is 15.4 Å². The lowest BCUT2D eigenvalue weighted by molar-refractivity contribution is -0.111. The summed E-state index contributed by atoms with van der Waals surface area (Å²) in [5, 5.41) is 23.6. The van der Waals surface area contributed by atoms with Crippen LogP contribution in [0.25, 0.3) is 22.2 Å². The molecule has 1 heterocycles. The number of aromatic hydroxyl groups is 1. The number of hydrogen-bond donors (Lipinski definition) is 3. The first-order chi connectivity index (χ1) is 10.2. The van der Waals surface area contributed by atoms with E-state index in [0.717, 1.165) is 11.6 Å². The molecule has 0 radical (unpaired) electrons. The molecule has 3 aromatic rings. The summed E-state index contributed by atoms with van der Waals surface area (Å²) >= 11 is 0. The van der Waals surface area contributed by atoms with Crippen LogP contribution in [0.1, 0.15) is 0 Å². The van der Waals surface area contributed by atoms with Crippen LogP contribution >= 0.6 is 0 Å². The van der Waals surface area contributed by atoms with E-state index in [1.165, 1.54) is 0 Å². The molecule has 0 unspecified atom stereocenters. The monoisotopic (exact) mass is 280 g/mol. The Morgan fingerprint density at radius 3 is 2.76 bits per heavy atom. The highest BCUT2D eigenvalue weighted by molar-refractivity contribution is 6.02. The number of aromatic nitrogens is 3. The highest BCUT2D eigenvalue weighted by atomic mass is 16.3. The third kappa shape index (κ3) is 2.23. The van der Waals surface area contributed by atoms with Gasteiger partial charge in [-0.15, -0.1) is 0 Å². The van der Waals surface area contributed by atoms with Crippen molar-refractivity contribution in [3.63, 3.8) is 0 Å². The largest absolute Gasteiger partial charge is 0.505 e. The molecule has 0 aliphatic carbocycles. The van der Waals surface area contributed by atoms with Gasteiger partial charge in [0, 0.05) is 11.1 Å². The van der Waals surface area contributed by atoms with Crippen LogP contribution < -0.4 is 5.32 Å². The molecule has 0 bridgehead atoms. The number of H-pyrrole nitrogens is 1. The zero-order chi connectivity index (χ0) is 14.8. The maximum Gasteiger partial charge on any atom is 0.247 e. The first kappa shape index (κ1) is 12.9. The van der Waals surface area contributed by atoms with Gasteiger partial charge in [0.15, 0.2) is 0 Å². The number of carbonyl (C=O) groups is 1. The molecule has 0 aliphatic rings. The summed E-state index contributed by atoms with van der Waals surface area (Å²) in [6.07, 6.45) is 1.14. The smallest absolute Gasteiger partial charge is 0.247 e. The Balaban J connectivity index is 2.15. The molecule has 104 valence electrons. The Kier molecular flexibility index (Phi) is 3.12. The van der Waals surface area contributed by atoms with Crippen molar-refractivity contribution in [2.24, 2.45) is 0 Å². The van der Waals surface area contributed by atoms with Crippen molar-refractivity contribution in [1.29, 1.82) is 0 Å². The van der Waals surface area contributed by atoms with E-state index >= 15 is 0 Å². The van der Waals surface area contributed by atoms with Crippen molar-refractivity contribution in [3.8, 4) is 16.9 Å². The van der Waals surface area contributed by atoms with Gasteiger partial charge in [0.1, 0.15) is 16.8 Å². The summed E-state index contributed by atoms with van der Waals surface area (Å²) in [5.41, 5.74) is 2.97. The van der Waals surface area contributed by atoms with Gasteiger partial charge in [-0.1, -0.05) is 30.8 Å². The number of phenols is 1. The van der Waals surface area contributed by atoms with Gasteiger partial charge >= 0.3 is 0 Å². The SMILES string of the molecule is C=CC(=O)Nc1cccc(-c2cccc3n[nH]nc23)c1O. The number of benzene rings is 2. The van der Waals surface area contributed by atoms with Crippen LogP contribution in [0.3, 0.4) is 0 Å². The number of rotatable bonds is 3. The van der Waals surface area contributed by atoms with Gasteiger partial charge in [0.25, 0.3) is 0 Å². The highest BCUT2D eigenvalue weighted by Gasteiger charge is 2.14. The standard InChI is InChI=1S/C15H12N4O2/c1-2-13(20)16-12-8-4-6-10(15(12)21)9-5-3-7-11-14(9)18-19-17-11/h2-8,21H,1H2,(H,16,20)(H,17,18,19). The molecular weight excluding hydrogens is 268 g/mol. The van der Waals surface area contributed by atoms with E-state index in [4.69, 9.17) is 0 Å². The number of para-hydroxylation sites is 2. The predicted molar refractivity (Wildman–Crippen MR) is 79.8 cm³/mol. The number of nitrogens with one attached hydrogen (secondary N) is 2.